The van der Waals surface area contributed by atoms with Gasteiger partial charge in [-0.05, 0) is 29.8 Å². The Morgan fingerprint density at radius 2 is 1.76 bits per heavy atom. The van der Waals surface area contributed by atoms with Crippen LogP contribution in [0, 0.1) is 0 Å². The van der Waals surface area contributed by atoms with Crippen molar-refractivity contribution in [2.24, 2.45) is 10.7 Å². The van der Waals surface area contributed by atoms with Crippen molar-refractivity contribution in [1.82, 2.24) is 0 Å². The molecular formula is C16H19N3O2. The molecule has 110 valence electrons. The topological polar surface area (TPSA) is 68.9 Å². The molecule has 0 aliphatic carbocycles. The maximum absolute atomic E-state index is 5.89. The molecule has 0 spiro atoms. The molecule has 3 N–H and O–H groups in total. The van der Waals surface area contributed by atoms with Gasteiger partial charge in [-0.1, -0.05) is 24.3 Å². The van der Waals surface area contributed by atoms with E-state index in [1.165, 1.54) is 0 Å². The lowest BCUT2D eigenvalue weighted by Crippen LogP contribution is -2.22. The van der Waals surface area contributed by atoms with Crippen LogP contribution in [0.2, 0.25) is 0 Å². The number of guanidine groups is 1. The maximum atomic E-state index is 5.89. The van der Waals surface area contributed by atoms with Gasteiger partial charge in [0.05, 0.1) is 26.5 Å². The number of methoxy groups -OCH3 is 2. The van der Waals surface area contributed by atoms with E-state index < -0.39 is 0 Å². The molecule has 0 fully saturated rings. The third-order valence-electron chi connectivity index (χ3n) is 2.96. The fraction of sp³-hybridized carbons (Fsp3) is 0.188. The second-order valence-electron chi connectivity index (χ2n) is 4.37. The number of anilines is 1. The van der Waals surface area contributed by atoms with Crippen molar-refractivity contribution in [1.29, 1.82) is 0 Å². The van der Waals surface area contributed by atoms with E-state index >= 15 is 0 Å². The minimum absolute atomic E-state index is 0.343. The number of hydrogen-bond acceptors (Lipinski definition) is 3. The Bertz CT molecular complexity index is 609. The van der Waals surface area contributed by atoms with Crippen molar-refractivity contribution < 1.29 is 9.47 Å². The molecule has 5 heteroatoms. The number of rotatable bonds is 5. The number of hydrogen-bond donors (Lipinski definition) is 2. The summed E-state index contributed by atoms with van der Waals surface area (Å²) < 4.78 is 10.4. The second kappa shape index (κ2) is 7.19. The lowest BCUT2D eigenvalue weighted by Gasteiger charge is -2.10. The van der Waals surface area contributed by atoms with Crippen LogP contribution in [-0.2, 0) is 6.54 Å². The van der Waals surface area contributed by atoms with Crippen LogP contribution < -0.4 is 20.5 Å². The van der Waals surface area contributed by atoms with Crippen molar-refractivity contribution in [3.63, 3.8) is 0 Å². The first-order valence-corrected chi connectivity index (χ1v) is 6.56. The van der Waals surface area contributed by atoms with Crippen molar-refractivity contribution in [2.75, 3.05) is 19.5 Å². The first-order valence-electron chi connectivity index (χ1n) is 6.56. The molecule has 0 aliphatic heterocycles. The number of benzene rings is 2. The molecule has 0 atom stereocenters. The Morgan fingerprint density at radius 3 is 2.43 bits per heavy atom. The highest BCUT2D eigenvalue weighted by Gasteiger charge is 2.02. The van der Waals surface area contributed by atoms with E-state index in [9.17, 15) is 0 Å². The highest BCUT2D eigenvalue weighted by molar-refractivity contribution is 5.93. The Balaban J connectivity index is 2.00. The van der Waals surface area contributed by atoms with Crippen molar-refractivity contribution in [2.45, 2.75) is 6.54 Å². The van der Waals surface area contributed by atoms with E-state index in [-0.39, 0.29) is 0 Å². The van der Waals surface area contributed by atoms with Crippen LogP contribution in [0.5, 0.6) is 11.5 Å². The molecule has 0 aromatic heterocycles. The van der Waals surface area contributed by atoms with Gasteiger partial charge < -0.3 is 20.5 Å². The monoisotopic (exact) mass is 285 g/mol. The van der Waals surface area contributed by atoms with Crippen LogP contribution in [0.1, 0.15) is 5.56 Å². The van der Waals surface area contributed by atoms with Gasteiger partial charge in [-0.3, -0.25) is 0 Å². The zero-order chi connectivity index (χ0) is 15.1. The van der Waals surface area contributed by atoms with E-state index in [4.69, 9.17) is 15.2 Å². The fourth-order valence-electron chi connectivity index (χ4n) is 1.83. The maximum Gasteiger partial charge on any atom is 0.193 e. The van der Waals surface area contributed by atoms with Gasteiger partial charge in [0.2, 0.25) is 0 Å². The quantitative estimate of drug-likeness (QED) is 0.654. The molecule has 0 radical (unpaired) electrons. The number of ether oxygens (including phenoxy) is 2. The van der Waals surface area contributed by atoms with Crippen LogP contribution in [-0.4, -0.2) is 20.2 Å². The summed E-state index contributed by atoms with van der Waals surface area (Å²) in [6.45, 7) is 0.498. The summed E-state index contributed by atoms with van der Waals surface area (Å²) in [4.78, 5) is 4.31. The van der Waals surface area contributed by atoms with E-state index in [2.05, 4.69) is 10.3 Å². The summed E-state index contributed by atoms with van der Waals surface area (Å²) in [6, 6.07) is 15.3. The summed E-state index contributed by atoms with van der Waals surface area (Å²) in [5, 5.41) is 3.03. The standard InChI is InChI=1S/C16H19N3O2/c1-20-13-9-7-12(8-10-13)11-18-16(17)19-14-5-3-4-6-15(14)21-2/h3-10H,11H2,1-2H3,(H3,17,18,19). The third-order valence-corrected chi connectivity index (χ3v) is 2.96. The molecule has 0 heterocycles. The van der Waals surface area contributed by atoms with Gasteiger partial charge in [0, 0.05) is 0 Å². The minimum atomic E-state index is 0.343. The average molecular weight is 285 g/mol. The zero-order valence-corrected chi connectivity index (χ0v) is 12.2. The highest BCUT2D eigenvalue weighted by Crippen LogP contribution is 2.22. The summed E-state index contributed by atoms with van der Waals surface area (Å²) in [6.07, 6.45) is 0. The van der Waals surface area contributed by atoms with Gasteiger partial charge in [0.25, 0.3) is 0 Å². The number of nitrogens with one attached hydrogen (secondary N) is 1. The first kappa shape index (κ1) is 14.7. The Hall–Kier alpha value is -2.69. The second-order valence-corrected chi connectivity index (χ2v) is 4.37. The largest absolute Gasteiger partial charge is 0.497 e. The minimum Gasteiger partial charge on any atom is -0.497 e. The summed E-state index contributed by atoms with van der Waals surface area (Å²) >= 11 is 0. The Morgan fingerprint density at radius 1 is 1.05 bits per heavy atom. The molecule has 5 nitrogen and oxygen atoms in total. The molecule has 21 heavy (non-hydrogen) atoms. The SMILES string of the molecule is COc1ccc(CN=C(N)Nc2ccccc2OC)cc1. The molecule has 0 saturated carbocycles. The van der Waals surface area contributed by atoms with E-state index in [1.807, 2.05) is 48.5 Å². The predicted octanol–water partition coefficient (Wildman–Crippen LogP) is 2.63. The Kier molecular flexibility index (Phi) is 5.04. The number of para-hydroxylation sites is 2. The average Bonchev–Trinajstić information content (AvgIpc) is 2.54. The zero-order valence-electron chi connectivity index (χ0n) is 12.2. The number of nitrogens with two attached hydrogens (primary N) is 1. The van der Waals surface area contributed by atoms with Crippen LogP contribution in [0.15, 0.2) is 53.5 Å². The molecule has 2 rings (SSSR count). The van der Waals surface area contributed by atoms with Gasteiger partial charge in [-0.25, -0.2) is 4.99 Å². The number of nitrogens with zero attached hydrogens (tertiary/aromatic N) is 1. The van der Waals surface area contributed by atoms with Gasteiger partial charge in [-0.15, -0.1) is 0 Å². The molecule has 2 aromatic rings. The smallest absolute Gasteiger partial charge is 0.193 e. The van der Waals surface area contributed by atoms with E-state index in [0.717, 1.165) is 22.7 Å². The molecule has 0 bridgehead atoms. The lowest BCUT2D eigenvalue weighted by atomic mass is 10.2. The molecular weight excluding hydrogens is 266 g/mol. The van der Waals surface area contributed by atoms with Crippen LogP contribution in [0.25, 0.3) is 0 Å². The molecule has 2 aromatic carbocycles. The number of aliphatic imine (C=N–C) groups is 1. The van der Waals surface area contributed by atoms with Crippen molar-refractivity contribution >= 4 is 11.6 Å². The predicted molar refractivity (Wildman–Crippen MR) is 84.9 cm³/mol. The van der Waals surface area contributed by atoms with Gasteiger partial charge in [0.15, 0.2) is 5.96 Å². The van der Waals surface area contributed by atoms with Crippen LogP contribution in [0.4, 0.5) is 5.69 Å². The normalized spacial score (nSPS) is 11.0. The van der Waals surface area contributed by atoms with E-state index in [1.54, 1.807) is 14.2 Å². The Labute approximate surface area is 124 Å². The molecule has 0 saturated heterocycles. The molecule has 0 aliphatic rings. The van der Waals surface area contributed by atoms with Crippen molar-refractivity contribution in [3.05, 3.63) is 54.1 Å². The van der Waals surface area contributed by atoms with E-state index in [0.29, 0.717) is 12.5 Å². The fourth-order valence-corrected chi connectivity index (χ4v) is 1.83. The summed E-state index contributed by atoms with van der Waals surface area (Å²) in [5.41, 5.74) is 7.74. The summed E-state index contributed by atoms with van der Waals surface area (Å²) in [7, 11) is 3.26. The third kappa shape index (κ3) is 4.14. The first-order chi connectivity index (χ1) is 10.2. The van der Waals surface area contributed by atoms with Crippen LogP contribution in [0.3, 0.4) is 0 Å². The van der Waals surface area contributed by atoms with Crippen LogP contribution >= 0.6 is 0 Å². The van der Waals surface area contributed by atoms with Gasteiger partial charge in [-0.2, -0.15) is 0 Å². The summed E-state index contributed by atoms with van der Waals surface area (Å²) in [5.74, 6) is 1.89. The van der Waals surface area contributed by atoms with Gasteiger partial charge >= 0.3 is 0 Å². The molecule has 0 unspecified atom stereocenters. The van der Waals surface area contributed by atoms with Crippen molar-refractivity contribution in [3.8, 4) is 11.5 Å². The lowest BCUT2D eigenvalue weighted by molar-refractivity contribution is 0.414. The molecule has 0 amide bonds. The highest BCUT2D eigenvalue weighted by atomic mass is 16.5. The van der Waals surface area contributed by atoms with Gasteiger partial charge in [0.1, 0.15) is 11.5 Å².